The third-order valence-electron chi connectivity index (χ3n) is 4.72. The number of hydrogen-bond acceptors (Lipinski definition) is 5. The predicted octanol–water partition coefficient (Wildman–Crippen LogP) is 3.43. The molecule has 11 heteroatoms. The number of carbonyl (C=O) groups is 2. The molecule has 2 aromatic carbocycles. The number of anilines is 2. The van der Waals surface area contributed by atoms with Crippen molar-refractivity contribution >= 4 is 34.8 Å². The predicted molar refractivity (Wildman–Crippen MR) is 115 cm³/mol. The standard InChI is InChI=1S/C21H22ClF3N4O3/c22-17-3-1-2-4-18(17)27-20(31)14-29-11-9-28(10-12-29)13-19(30)26-15-5-7-16(8-6-15)32-21(23,24)25/h1-8H,9-14H2,(H,26,30)(H,27,31). The third kappa shape index (κ3) is 7.70. The van der Waals surface area contributed by atoms with Crippen LogP contribution in [0.5, 0.6) is 5.75 Å². The number of rotatable bonds is 7. The topological polar surface area (TPSA) is 73.9 Å². The molecule has 1 aliphatic rings. The number of carbonyl (C=O) groups excluding carboxylic acids is 2. The van der Waals surface area contributed by atoms with Crippen molar-refractivity contribution in [2.24, 2.45) is 0 Å². The van der Waals surface area contributed by atoms with E-state index in [9.17, 15) is 22.8 Å². The first kappa shape index (κ1) is 23.8. The molecule has 1 fully saturated rings. The van der Waals surface area contributed by atoms with Crippen LogP contribution in [-0.2, 0) is 9.59 Å². The van der Waals surface area contributed by atoms with Crippen molar-refractivity contribution in [3.8, 4) is 5.75 Å². The highest BCUT2D eigenvalue weighted by Crippen LogP contribution is 2.24. The van der Waals surface area contributed by atoms with Crippen LogP contribution in [0, 0.1) is 0 Å². The first-order chi connectivity index (χ1) is 15.2. The summed E-state index contributed by atoms with van der Waals surface area (Å²) in [6.07, 6.45) is -4.76. The summed E-state index contributed by atoms with van der Waals surface area (Å²) >= 11 is 6.05. The number of ether oxygens (including phenoxy) is 1. The molecule has 7 nitrogen and oxygen atoms in total. The number of alkyl halides is 3. The van der Waals surface area contributed by atoms with E-state index >= 15 is 0 Å². The Balaban J connectivity index is 1.38. The van der Waals surface area contributed by atoms with Gasteiger partial charge in [0.2, 0.25) is 11.8 Å². The van der Waals surface area contributed by atoms with Gasteiger partial charge in [-0.3, -0.25) is 19.4 Å². The fourth-order valence-electron chi connectivity index (χ4n) is 3.20. The molecule has 2 N–H and O–H groups in total. The highest BCUT2D eigenvalue weighted by atomic mass is 35.5. The van der Waals surface area contributed by atoms with Gasteiger partial charge in [0.1, 0.15) is 5.75 Å². The van der Waals surface area contributed by atoms with Crippen molar-refractivity contribution in [1.82, 2.24) is 9.80 Å². The first-order valence-electron chi connectivity index (χ1n) is 9.83. The summed E-state index contributed by atoms with van der Waals surface area (Å²) in [5, 5.41) is 5.90. The van der Waals surface area contributed by atoms with Crippen molar-refractivity contribution in [2.75, 3.05) is 49.9 Å². The molecule has 0 aromatic heterocycles. The fourth-order valence-corrected chi connectivity index (χ4v) is 3.39. The summed E-state index contributed by atoms with van der Waals surface area (Å²) in [6, 6.07) is 12.0. The Labute approximate surface area is 188 Å². The van der Waals surface area contributed by atoms with Crippen LogP contribution >= 0.6 is 11.6 Å². The maximum atomic E-state index is 12.2. The van der Waals surface area contributed by atoms with E-state index in [4.69, 9.17) is 11.6 Å². The Hall–Kier alpha value is -2.82. The van der Waals surface area contributed by atoms with Crippen LogP contribution in [0.2, 0.25) is 5.02 Å². The summed E-state index contributed by atoms with van der Waals surface area (Å²) in [7, 11) is 0. The molecular weight excluding hydrogens is 449 g/mol. The number of piperazine rings is 1. The maximum Gasteiger partial charge on any atom is 0.573 e. The van der Waals surface area contributed by atoms with Crippen molar-refractivity contribution < 1.29 is 27.5 Å². The summed E-state index contributed by atoms with van der Waals surface area (Å²) in [5.41, 5.74) is 0.937. The maximum absolute atomic E-state index is 12.2. The van der Waals surface area contributed by atoms with Crippen molar-refractivity contribution in [3.05, 3.63) is 53.6 Å². The Morgan fingerprint density at radius 3 is 1.94 bits per heavy atom. The molecule has 0 atom stereocenters. The van der Waals surface area contributed by atoms with Gasteiger partial charge in [-0.05, 0) is 36.4 Å². The van der Waals surface area contributed by atoms with Gasteiger partial charge in [0.05, 0.1) is 23.8 Å². The van der Waals surface area contributed by atoms with Gasteiger partial charge in [-0.1, -0.05) is 23.7 Å². The molecule has 0 saturated carbocycles. The number of para-hydroxylation sites is 1. The lowest BCUT2D eigenvalue weighted by molar-refractivity contribution is -0.274. The fraction of sp³-hybridized carbons (Fsp3) is 0.333. The minimum absolute atomic E-state index is 0.139. The minimum atomic E-state index is -4.76. The average molecular weight is 471 g/mol. The lowest BCUT2D eigenvalue weighted by Gasteiger charge is -2.33. The van der Waals surface area contributed by atoms with E-state index in [1.165, 1.54) is 12.1 Å². The highest BCUT2D eigenvalue weighted by molar-refractivity contribution is 6.33. The number of nitrogens with one attached hydrogen (secondary N) is 2. The van der Waals surface area contributed by atoms with Gasteiger partial charge in [0, 0.05) is 31.9 Å². The van der Waals surface area contributed by atoms with Crippen molar-refractivity contribution in [2.45, 2.75) is 6.36 Å². The zero-order chi connectivity index (χ0) is 23.1. The van der Waals surface area contributed by atoms with Crippen LogP contribution in [0.4, 0.5) is 24.5 Å². The third-order valence-corrected chi connectivity index (χ3v) is 5.05. The lowest BCUT2D eigenvalue weighted by atomic mass is 10.2. The van der Waals surface area contributed by atoms with Gasteiger partial charge >= 0.3 is 6.36 Å². The zero-order valence-electron chi connectivity index (χ0n) is 17.0. The van der Waals surface area contributed by atoms with E-state index in [0.29, 0.717) is 42.6 Å². The van der Waals surface area contributed by atoms with Crippen LogP contribution in [0.3, 0.4) is 0 Å². The second kappa shape index (κ2) is 10.7. The zero-order valence-corrected chi connectivity index (χ0v) is 17.7. The summed E-state index contributed by atoms with van der Waals surface area (Å²) < 4.78 is 40.4. The van der Waals surface area contributed by atoms with Gasteiger partial charge in [-0.25, -0.2) is 0 Å². The number of nitrogens with zero attached hydrogens (tertiary/aromatic N) is 2. The molecule has 1 saturated heterocycles. The lowest BCUT2D eigenvalue weighted by Crippen LogP contribution is -2.50. The SMILES string of the molecule is O=C(CN1CCN(CC(=O)Nc2ccccc2Cl)CC1)Nc1ccc(OC(F)(F)F)cc1. The molecular formula is C21H22ClF3N4O3. The molecule has 0 radical (unpaired) electrons. The molecule has 2 amide bonds. The van der Waals surface area contributed by atoms with E-state index in [0.717, 1.165) is 12.1 Å². The van der Waals surface area contributed by atoms with Crippen molar-refractivity contribution in [3.63, 3.8) is 0 Å². The van der Waals surface area contributed by atoms with Crippen LogP contribution in [0.1, 0.15) is 0 Å². The van der Waals surface area contributed by atoms with Crippen LogP contribution in [-0.4, -0.2) is 67.2 Å². The van der Waals surface area contributed by atoms with E-state index in [1.54, 1.807) is 24.3 Å². The largest absolute Gasteiger partial charge is 0.573 e. The summed E-state index contributed by atoms with van der Waals surface area (Å²) in [4.78, 5) is 28.4. The Morgan fingerprint density at radius 2 is 1.41 bits per heavy atom. The Bertz CT molecular complexity index is 933. The monoisotopic (exact) mass is 470 g/mol. The molecule has 0 spiro atoms. The quantitative estimate of drug-likeness (QED) is 0.648. The molecule has 0 bridgehead atoms. The van der Waals surface area contributed by atoms with Gasteiger partial charge in [0.25, 0.3) is 0 Å². The Morgan fingerprint density at radius 1 is 0.875 bits per heavy atom. The van der Waals surface area contributed by atoms with Crippen LogP contribution < -0.4 is 15.4 Å². The molecule has 32 heavy (non-hydrogen) atoms. The van der Waals surface area contributed by atoms with E-state index < -0.39 is 6.36 Å². The summed E-state index contributed by atoms with van der Waals surface area (Å²) in [5.74, 6) is -0.799. The second-order valence-corrected chi connectivity index (χ2v) is 7.61. The van der Waals surface area contributed by atoms with E-state index in [-0.39, 0.29) is 30.7 Å². The normalized spacial score (nSPS) is 15.2. The van der Waals surface area contributed by atoms with E-state index in [2.05, 4.69) is 15.4 Å². The first-order valence-corrected chi connectivity index (χ1v) is 10.2. The molecule has 1 aliphatic heterocycles. The minimum Gasteiger partial charge on any atom is -0.406 e. The van der Waals surface area contributed by atoms with Gasteiger partial charge in [-0.15, -0.1) is 13.2 Å². The number of benzene rings is 2. The summed E-state index contributed by atoms with van der Waals surface area (Å²) in [6.45, 7) is 2.80. The Kier molecular flexibility index (Phi) is 7.94. The molecule has 0 unspecified atom stereocenters. The smallest absolute Gasteiger partial charge is 0.406 e. The number of halogens is 4. The number of hydrogen-bond donors (Lipinski definition) is 2. The van der Waals surface area contributed by atoms with E-state index in [1.807, 2.05) is 9.80 Å². The second-order valence-electron chi connectivity index (χ2n) is 7.20. The van der Waals surface area contributed by atoms with Crippen LogP contribution in [0.25, 0.3) is 0 Å². The molecule has 3 rings (SSSR count). The highest BCUT2D eigenvalue weighted by Gasteiger charge is 2.31. The molecule has 0 aliphatic carbocycles. The van der Waals surface area contributed by atoms with Crippen LogP contribution in [0.15, 0.2) is 48.5 Å². The number of amides is 2. The van der Waals surface area contributed by atoms with Gasteiger partial charge in [-0.2, -0.15) is 0 Å². The molecule has 1 heterocycles. The van der Waals surface area contributed by atoms with Crippen molar-refractivity contribution in [1.29, 1.82) is 0 Å². The molecule has 2 aromatic rings. The average Bonchev–Trinajstić information content (AvgIpc) is 2.71. The van der Waals surface area contributed by atoms with Gasteiger partial charge < -0.3 is 15.4 Å². The molecule has 172 valence electrons. The van der Waals surface area contributed by atoms with Gasteiger partial charge in [0.15, 0.2) is 0 Å².